The van der Waals surface area contributed by atoms with E-state index in [1.165, 1.54) is 108 Å². The van der Waals surface area contributed by atoms with Gasteiger partial charge >= 0.3 is 0 Å². The molecule has 0 saturated carbocycles. The molecule has 0 bridgehead atoms. The average Bonchev–Trinajstić information content (AvgIpc) is 3.72. The van der Waals surface area contributed by atoms with Crippen molar-refractivity contribution in [3.63, 3.8) is 0 Å². The molecule has 2 heterocycles. The monoisotopic (exact) mass is 788 g/mol. The van der Waals surface area contributed by atoms with Gasteiger partial charge in [0.2, 0.25) is 0 Å². The minimum atomic E-state index is 0.726. The molecule has 0 aliphatic carbocycles. The van der Waals surface area contributed by atoms with E-state index in [9.17, 15) is 0 Å². The maximum Gasteiger partial charge on any atom is 0.160 e. The van der Waals surface area contributed by atoms with E-state index in [0.717, 1.165) is 33.9 Å². The summed E-state index contributed by atoms with van der Waals surface area (Å²) >= 11 is 1.94. The molecule has 0 N–H and O–H groups in total. The fourth-order valence-corrected chi connectivity index (χ4v) is 11.4. The first-order valence-corrected chi connectivity index (χ1v) is 22.0. The molecule has 61 heavy (non-hydrogen) atoms. The lowest BCUT2D eigenvalue weighted by Crippen LogP contribution is -2.40. The van der Waals surface area contributed by atoms with Crippen LogP contribution < -0.4 is 32.8 Å². The second kappa shape index (κ2) is 14.6. The van der Waals surface area contributed by atoms with Crippen LogP contribution in [0.3, 0.4) is 0 Å². The maximum absolute atomic E-state index is 5.48. The third-order valence-electron chi connectivity index (χ3n) is 13.3. The van der Waals surface area contributed by atoms with Crippen molar-refractivity contribution in [2.45, 2.75) is 0 Å². The zero-order chi connectivity index (χ0) is 41.5. The average molecular weight is 788 g/mol. The Morgan fingerprint density at radius 1 is 0.311 bits per heavy atom. The van der Waals surface area contributed by atoms with Gasteiger partial charge in [-0.25, -0.2) is 9.97 Å². The van der Waals surface area contributed by atoms with Crippen LogP contribution in [-0.4, -0.2) is 57.0 Å². The van der Waals surface area contributed by atoms with Crippen molar-refractivity contribution in [3.8, 4) is 56.2 Å². The Morgan fingerprint density at radius 3 is 1.49 bits per heavy atom. The van der Waals surface area contributed by atoms with Gasteiger partial charge in [0.1, 0.15) is 47.1 Å². The van der Waals surface area contributed by atoms with E-state index in [1.54, 1.807) is 0 Å². The van der Waals surface area contributed by atoms with Crippen molar-refractivity contribution in [3.05, 3.63) is 158 Å². The van der Waals surface area contributed by atoms with E-state index >= 15 is 0 Å². The van der Waals surface area contributed by atoms with Crippen molar-refractivity contribution in [2.24, 2.45) is 0 Å². The van der Waals surface area contributed by atoms with Crippen LogP contribution in [-0.2, 0) is 0 Å². The highest BCUT2D eigenvalue weighted by Gasteiger charge is 2.25. The molecular weight excluding hydrogens is 750 g/mol. The van der Waals surface area contributed by atoms with Crippen molar-refractivity contribution in [1.29, 1.82) is 0 Å². The molecule has 0 saturated heterocycles. The molecular formula is C52H38B6N2S. The maximum atomic E-state index is 5.48. The third kappa shape index (κ3) is 5.93. The summed E-state index contributed by atoms with van der Waals surface area (Å²) in [4.78, 5) is 10.8. The summed E-state index contributed by atoms with van der Waals surface area (Å²) in [6.07, 6.45) is 0. The lowest BCUT2D eigenvalue weighted by atomic mass is 9.66. The van der Waals surface area contributed by atoms with Crippen molar-refractivity contribution in [2.75, 3.05) is 0 Å². The number of hydrogen-bond acceptors (Lipinski definition) is 3. The van der Waals surface area contributed by atoms with Gasteiger partial charge in [-0.15, -0.1) is 11.3 Å². The predicted octanol–water partition coefficient (Wildman–Crippen LogP) is 4.19. The van der Waals surface area contributed by atoms with E-state index in [4.69, 9.17) is 9.97 Å². The highest BCUT2D eigenvalue weighted by molar-refractivity contribution is 7.28. The lowest BCUT2D eigenvalue weighted by Gasteiger charge is -2.20. The summed E-state index contributed by atoms with van der Waals surface area (Å²) in [6.45, 7) is 0. The molecule has 11 rings (SSSR count). The highest BCUT2D eigenvalue weighted by atomic mass is 32.1. The molecule has 11 aromatic rings. The summed E-state index contributed by atoms with van der Waals surface area (Å²) in [5.41, 5.74) is 17.9. The SMILES string of the molecule is Bc1c(-c2ccc3c4ccccc4c4ccccc4c3c2)c(B)c2c(sc3c(B)c(B)c(B)c(-c4cc(-c5cccc(-c6ccccc6)c5)nc(-c5ccccc5)n4)c32)c1B. The molecule has 280 valence electrons. The topological polar surface area (TPSA) is 25.8 Å². The Labute approximate surface area is 365 Å². The summed E-state index contributed by atoms with van der Waals surface area (Å²) in [5.74, 6) is 0.726. The minimum absolute atomic E-state index is 0.726. The Morgan fingerprint density at radius 2 is 0.820 bits per heavy atom. The number of nitrogens with zero attached hydrogens (tertiary/aromatic N) is 2. The number of thiophene rings is 1. The third-order valence-corrected chi connectivity index (χ3v) is 14.8. The first-order chi connectivity index (χ1) is 29.8. The molecule has 0 atom stereocenters. The molecule has 0 fully saturated rings. The molecule has 0 aliphatic rings. The number of hydrogen-bond donors (Lipinski definition) is 0. The summed E-state index contributed by atoms with van der Waals surface area (Å²) in [6, 6.07) is 56.9. The van der Waals surface area contributed by atoms with Gasteiger partial charge in [-0.1, -0.05) is 172 Å². The first kappa shape index (κ1) is 37.4. The number of aromatic nitrogens is 2. The normalized spacial score (nSPS) is 11.7. The van der Waals surface area contributed by atoms with Crippen LogP contribution in [0.25, 0.3) is 109 Å². The van der Waals surface area contributed by atoms with Crippen molar-refractivity contribution < 1.29 is 0 Å². The molecule has 2 aromatic heterocycles. The molecule has 0 aliphatic heterocycles. The van der Waals surface area contributed by atoms with Gasteiger partial charge in [0.25, 0.3) is 0 Å². The van der Waals surface area contributed by atoms with E-state index in [1.807, 2.05) is 11.3 Å². The van der Waals surface area contributed by atoms with Gasteiger partial charge in [0.05, 0.1) is 11.4 Å². The summed E-state index contributed by atoms with van der Waals surface area (Å²) < 4.78 is 2.69. The zero-order valence-electron chi connectivity index (χ0n) is 35.3. The number of fused-ring (bicyclic) bond motifs is 9. The second-order valence-electron chi connectivity index (χ2n) is 16.6. The Bertz CT molecular complexity index is 3570. The van der Waals surface area contributed by atoms with Gasteiger partial charge in [-0.2, -0.15) is 0 Å². The smallest absolute Gasteiger partial charge is 0.160 e. The van der Waals surface area contributed by atoms with Gasteiger partial charge < -0.3 is 0 Å². The van der Waals surface area contributed by atoms with Gasteiger partial charge in [0, 0.05) is 31.5 Å². The van der Waals surface area contributed by atoms with Crippen LogP contribution in [0.1, 0.15) is 0 Å². The molecule has 0 amide bonds. The Balaban J connectivity index is 1.20. The fraction of sp³-hybridized carbons (Fsp3) is 0. The van der Waals surface area contributed by atoms with Crippen LogP contribution >= 0.6 is 11.3 Å². The molecule has 9 heteroatoms. The summed E-state index contributed by atoms with van der Waals surface area (Å²) in [5, 5.41) is 10.4. The van der Waals surface area contributed by atoms with Crippen LogP contribution in [0, 0.1) is 0 Å². The number of benzene rings is 9. The molecule has 0 unspecified atom stereocenters. The van der Waals surface area contributed by atoms with Crippen molar-refractivity contribution in [1.82, 2.24) is 9.97 Å². The van der Waals surface area contributed by atoms with Crippen LogP contribution in [0.4, 0.5) is 0 Å². The first-order valence-electron chi connectivity index (χ1n) is 21.2. The van der Waals surface area contributed by atoms with E-state index in [-0.39, 0.29) is 0 Å². The molecule has 0 spiro atoms. The zero-order valence-corrected chi connectivity index (χ0v) is 36.1. The molecule has 0 radical (unpaired) electrons. The van der Waals surface area contributed by atoms with Gasteiger partial charge in [-0.3, -0.25) is 0 Å². The Hall–Kier alpha value is -6.55. The van der Waals surface area contributed by atoms with Gasteiger partial charge in [-0.05, 0) is 78.2 Å². The summed E-state index contributed by atoms with van der Waals surface area (Å²) in [7, 11) is 13.9. The quantitative estimate of drug-likeness (QED) is 0.194. The minimum Gasteiger partial charge on any atom is -0.228 e. The second-order valence-corrected chi connectivity index (χ2v) is 17.7. The fourth-order valence-electron chi connectivity index (χ4n) is 9.89. The standard InChI is InChI=1S/C52H38B6N2S/c53-44-40(31-22-23-36-34-20-8-7-18-32(34)33-19-9-10-21-35(33)37(36)25-31)45(54)48(57)51-43(44)42-41(46(55)47(56)49(58)50(42)61-51)39-26-38(59-52(60-39)28-14-5-2-6-15-28)30-17-11-16-29(24-30)27-12-3-1-4-13-27/h1-26H,53-58H2. The number of rotatable bonds is 5. The van der Waals surface area contributed by atoms with Gasteiger partial charge in [0.15, 0.2) is 5.82 Å². The lowest BCUT2D eigenvalue weighted by molar-refractivity contribution is 1.19. The Kier molecular flexibility index (Phi) is 8.95. The van der Waals surface area contributed by atoms with Crippen LogP contribution in [0.2, 0.25) is 0 Å². The largest absolute Gasteiger partial charge is 0.228 e. The molecule has 9 aromatic carbocycles. The molecule has 2 nitrogen and oxygen atoms in total. The van der Waals surface area contributed by atoms with Crippen LogP contribution in [0.15, 0.2) is 158 Å². The predicted molar refractivity (Wildman–Crippen MR) is 284 cm³/mol. The highest BCUT2D eigenvalue weighted by Crippen LogP contribution is 2.40. The van der Waals surface area contributed by atoms with E-state index < -0.39 is 0 Å². The van der Waals surface area contributed by atoms with E-state index in [0.29, 0.717) is 0 Å². The van der Waals surface area contributed by atoms with Crippen LogP contribution in [0.5, 0.6) is 0 Å². The van der Waals surface area contributed by atoms with Crippen molar-refractivity contribution >= 4 is 144 Å². The van der Waals surface area contributed by atoms with E-state index in [2.05, 4.69) is 205 Å².